The van der Waals surface area contributed by atoms with Crippen LogP contribution in [0.3, 0.4) is 0 Å². The number of phenols is 1. The van der Waals surface area contributed by atoms with E-state index in [4.69, 9.17) is 17.2 Å². The zero-order valence-corrected chi connectivity index (χ0v) is 77.0. The van der Waals surface area contributed by atoms with E-state index >= 15 is 37.5 Å². The number of benzene rings is 5. The Morgan fingerprint density at radius 3 is 1.66 bits per heavy atom. The third kappa shape index (κ3) is 31.1. The van der Waals surface area contributed by atoms with Gasteiger partial charge in [-0.1, -0.05) is 125 Å². The molecular weight excluding hydrogens is 1800 g/mol. The summed E-state index contributed by atoms with van der Waals surface area (Å²) in [7, 11) is 3.77. The number of aryl methyl sites for hydroxylation is 1. The van der Waals surface area contributed by atoms with Gasteiger partial charge in [0.15, 0.2) is 17.5 Å². The number of amides is 14. The first kappa shape index (κ1) is 108. The second kappa shape index (κ2) is 51.9. The van der Waals surface area contributed by atoms with Gasteiger partial charge in [-0.3, -0.25) is 76.7 Å². The Bertz CT molecular complexity index is 5200. The molecule has 6 aromatic rings. The van der Waals surface area contributed by atoms with E-state index in [0.717, 1.165) is 24.5 Å². The van der Waals surface area contributed by atoms with Crippen LogP contribution in [0, 0.1) is 23.4 Å². The number of aldehydes is 1. The van der Waals surface area contributed by atoms with Gasteiger partial charge in [-0.15, -0.1) is 11.8 Å². The molecule has 0 spiro atoms. The summed E-state index contributed by atoms with van der Waals surface area (Å²) < 4.78 is 44.9. The Morgan fingerprint density at radius 1 is 0.544 bits per heavy atom. The van der Waals surface area contributed by atoms with E-state index in [0.29, 0.717) is 69.9 Å². The van der Waals surface area contributed by atoms with Crippen LogP contribution in [0.1, 0.15) is 119 Å². The number of nitrogens with zero attached hydrogens (tertiary/aromatic N) is 5. The number of hydrogen-bond acceptors (Lipinski definition) is 23. The summed E-state index contributed by atoms with van der Waals surface area (Å²) in [4.78, 5) is 248. The number of unbranched alkanes of at least 4 members (excludes halogenated alkanes) is 2. The van der Waals surface area contributed by atoms with Crippen LogP contribution >= 0.6 is 11.8 Å². The van der Waals surface area contributed by atoms with Crippen LogP contribution in [0.15, 0.2) is 128 Å². The molecule has 136 heavy (non-hydrogen) atoms. The summed E-state index contributed by atoms with van der Waals surface area (Å²) in [5.74, 6) is -24.2. The van der Waals surface area contributed by atoms with Gasteiger partial charge >= 0.3 is 11.9 Å². The maximum Gasteiger partial charge on any atom is 0.305 e. The Kier molecular flexibility index (Phi) is 41.2. The molecule has 20 N–H and O–H groups in total. The minimum absolute atomic E-state index is 0.0506. The first-order chi connectivity index (χ1) is 64.6. The number of rotatable bonds is 52. The molecule has 736 valence electrons. The second-order valence-corrected chi connectivity index (χ2v) is 35.2. The van der Waals surface area contributed by atoms with Gasteiger partial charge in [0.2, 0.25) is 82.7 Å². The normalized spacial score (nSPS) is 17.0. The number of carboxylic acid groups (broad SMARTS) is 2. The van der Waals surface area contributed by atoms with Crippen LogP contribution in [0.4, 0.5) is 13.2 Å². The number of aromatic hydroxyl groups is 1. The average Bonchev–Trinajstić information content (AvgIpc) is 1.69. The number of carbonyl (C=O) groups is 17. The molecule has 2 aliphatic rings. The number of nitrogens with two attached hydrogens (primary N) is 3. The predicted octanol–water partition coefficient (Wildman–Crippen LogP) is -0.222. The predicted molar refractivity (Wildman–Crippen MR) is 490 cm³/mol. The number of aromatic amines is 1. The third-order valence-electron chi connectivity index (χ3n) is 23.6. The Hall–Kier alpha value is -13.4. The summed E-state index contributed by atoms with van der Waals surface area (Å²) >= 11 is 0.630. The molecule has 0 bridgehead atoms. The summed E-state index contributed by atoms with van der Waals surface area (Å²) in [5, 5.41) is 72.9. The number of phenolic OH excluding ortho intramolecular Hbond substituents is 1. The van der Waals surface area contributed by atoms with E-state index in [1.165, 1.54) is 45.4 Å². The summed E-state index contributed by atoms with van der Waals surface area (Å²) in [6.07, 6.45) is -4.68. The van der Waals surface area contributed by atoms with Crippen LogP contribution in [0.25, 0.3) is 10.9 Å². The number of aromatic nitrogens is 1. The molecule has 3 heterocycles. The minimum atomic E-state index is -1.93. The molecule has 2 saturated heterocycles. The number of β-amino-alcohol motifs (C(OH)–C–C–N with tert-alkyl or cyclic N) is 2. The highest BCUT2D eigenvalue weighted by molar-refractivity contribution is 8.00. The lowest BCUT2D eigenvalue weighted by Crippen LogP contribution is -2.61. The fourth-order valence-corrected chi connectivity index (χ4v) is 16.9. The zero-order valence-electron chi connectivity index (χ0n) is 76.2. The minimum Gasteiger partial charge on any atom is -0.508 e. The molecule has 1 aromatic heterocycles. The maximum atomic E-state index is 15.4. The number of thioether (sulfide) groups is 1. The fraction of sp³-hybridized carbons (Fsp3) is 0.473. The standard InChI is InChI=1S/C93H120F3N17O22S/c1-7-8-26-71(92(134)113-47-60(117)41-74(113)87(129)102-57(48-114)40-78(120)121)110(5)91(133)72(32-29-52-19-11-9-12-20-52)109(4)89(131)68(37-55-34-62(94)80(96)63(95)35-55)103-77(119)50-136-49-70(82(124)101-45-76(98)118)108-83(125)65(25-17-18-33-97)104-84(126)66(36-54-27-30-58(115)31-28-54)105-85(127)67(39-56-44-100-64-24-16-15-23-61(56)64)106-88(130)75-42-59(116)46-112(75)90(132)69(43-79(122)123)107-86(128)73(38-53-21-13-10-14-22-53)111(6)93(135)81(99)51(2)3/h9-16,19-24,27-28,30-31,34-35,44,48,51,57,59-60,65-75,81,100,115-117H,7-8,17-18,25-26,29,32-33,36-43,45-47,49-50,97,99H2,1-6H3,(H2,98,118)(H,101,124)(H,102,129)(H,103,119)(H,104,126)(H,105,127)(H,106,130)(H,107,128)(H,108,125)(H,120,121)(H,122,123)/t57-,59+,60+,65-,66-,67-,68-,69-,70-,71-,72-,73-,74+,75+,81-/m0/s1. The van der Waals surface area contributed by atoms with Crippen molar-refractivity contribution < 1.29 is 120 Å². The Labute approximate surface area is 786 Å². The highest BCUT2D eigenvalue weighted by Gasteiger charge is 2.48. The van der Waals surface area contributed by atoms with E-state index in [9.17, 15) is 82.7 Å². The highest BCUT2D eigenvalue weighted by atomic mass is 32.2. The van der Waals surface area contributed by atoms with Crippen molar-refractivity contribution in [1.82, 2.24) is 72.0 Å². The van der Waals surface area contributed by atoms with Crippen LogP contribution in [-0.4, -0.2) is 306 Å². The number of likely N-dealkylation sites (N-methyl/N-ethyl adjacent to an activating group) is 3. The van der Waals surface area contributed by atoms with Crippen LogP contribution in [0.5, 0.6) is 5.75 Å². The zero-order chi connectivity index (χ0) is 99.9. The van der Waals surface area contributed by atoms with Crippen molar-refractivity contribution in [2.45, 2.75) is 214 Å². The number of aliphatic hydroxyl groups is 2. The SMILES string of the molecule is CCCC[C@@H](C(=O)N1C[C@H](O)C[C@@H]1C(=O)N[C@H](C=O)CC(=O)O)N(C)C(=O)[C@H](CCc1ccccc1)N(C)C(=O)[C@H](Cc1cc(F)c(F)c(F)c1)NC(=O)CSC[C@H](NC(=O)[C@H](CCCCN)NC(=O)[C@H](Cc1ccc(O)cc1)NC(=O)[C@H](Cc1c[nH]c2ccccc12)NC(=O)[C@H]1C[C@@H](O)CN1C(=O)[C@H](CC(=O)O)NC(=O)[C@H](Cc1ccccc1)N(C)C(=O)[C@@H](N)C(C)C)C(=O)NCC(N)=O. The molecule has 2 aliphatic heterocycles. The number of primary amides is 1. The molecule has 43 heteroatoms. The van der Waals surface area contributed by atoms with Crippen molar-refractivity contribution in [1.29, 1.82) is 0 Å². The van der Waals surface area contributed by atoms with Crippen molar-refractivity contribution in [3.05, 3.63) is 173 Å². The van der Waals surface area contributed by atoms with E-state index in [1.807, 2.05) is 0 Å². The van der Waals surface area contributed by atoms with E-state index in [-0.39, 0.29) is 87.8 Å². The molecule has 39 nitrogen and oxygen atoms in total. The second-order valence-electron chi connectivity index (χ2n) is 34.2. The topological polar surface area (TPSA) is 598 Å². The number of H-pyrrole nitrogens is 1. The number of nitrogens with one attached hydrogen (secondary N) is 9. The van der Waals surface area contributed by atoms with Crippen molar-refractivity contribution in [2.75, 3.05) is 58.8 Å². The first-order valence-electron chi connectivity index (χ1n) is 44.5. The summed E-state index contributed by atoms with van der Waals surface area (Å²) in [6.45, 7) is 3.42. The number of likely N-dealkylation sites (tertiary alicyclic amines) is 2. The number of aliphatic hydroxyl groups excluding tert-OH is 2. The van der Waals surface area contributed by atoms with Crippen molar-refractivity contribution >= 4 is 124 Å². The molecule has 0 saturated carbocycles. The van der Waals surface area contributed by atoms with Gasteiger partial charge in [-0.2, -0.15) is 0 Å². The van der Waals surface area contributed by atoms with Gasteiger partial charge in [0.05, 0.1) is 49.4 Å². The number of carbonyl (C=O) groups excluding carboxylic acids is 15. The highest BCUT2D eigenvalue weighted by Crippen LogP contribution is 2.29. The Balaban J connectivity index is 1.06. The summed E-state index contributed by atoms with van der Waals surface area (Å²) in [5.41, 5.74) is 19.8. The lowest BCUT2D eigenvalue weighted by Gasteiger charge is -2.37. The molecule has 0 unspecified atom stereocenters. The van der Waals surface area contributed by atoms with Crippen molar-refractivity contribution in [2.24, 2.45) is 23.1 Å². The molecule has 2 fully saturated rings. The van der Waals surface area contributed by atoms with E-state index in [2.05, 4.69) is 47.5 Å². The number of aliphatic carboxylic acids is 2. The summed E-state index contributed by atoms with van der Waals surface area (Å²) in [6, 6.07) is 9.66. The van der Waals surface area contributed by atoms with Crippen molar-refractivity contribution in [3.63, 3.8) is 0 Å². The molecule has 15 atom stereocenters. The molecule has 8 rings (SSSR count). The maximum absolute atomic E-state index is 15.4. The van der Waals surface area contributed by atoms with E-state index < -0.39 is 266 Å². The molecule has 14 amide bonds. The van der Waals surface area contributed by atoms with Gasteiger partial charge in [0.25, 0.3) is 0 Å². The van der Waals surface area contributed by atoms with Gasteiger partial charge < -0.3 is 120 Å². The number of hydrogen-bond donors (Lipinski definition) is 17. The van der Waals surface area contributed by atoms with Gasteiger partial charge in [-0.25, -0.2) is 13.2 Å². The van der Waals surface area contributed by atoms with Gasteiger partial charge in [-0.05, 0) is 109 Å². The number of fused-ring (bicyclic) bond motifs is 1. The van der Waals surface area contributed by atoms with Crippen LogP contribution < -0.4 is 59.7 Å². The number of para-hydroxylation sites is 1. The third-order valence-corrected chi connectivity index (χ3v) is 24.6. The molecule has 0 aliphatic carbocycles. The smallest absolute Gasteiger partial charge is 0.305 e. The monoisotopic (exact) mass is 1920 g/mol. The van der Waals surface area contributed by atoms with E-state index in [1.54, 1.807) is 112 Å². The van der Waals surface area contributed by atoms with Gasteiger partial charge in [0.1, 0.15) is 78.5 Å². The van der Waals surface area contributed by atoms with Crippen molar-refractivity contribution in [3.8, 4) is 5.75 Å². The van der Waals surface area contributed by atoms with Crippen LogP contribution in [-0.2, 0) is 114 Å². The molecular formula is C93H120F3N17O22S. The van der Waals surface area contributed by atoms with Crippen LogP contribution in [0.2, 0.25) is 0 Å². The average molecular weight is 1920 g/mol. The largest absolute Gasteiger partial charge is 0.508 e. The fourth-order valence-electron chi connectivity index (χ4n) is 16.1. The lowest BCUT2D eigenvalue weighted by molar-refractivity contribution is -0.152. The quantitative estimate of drug-likeness (QED) is 0.0133. The molecule has 0 radical (unpaired) electrons. The molecule has 5 aromatic carbocycles. The van der Waals surface area contributed by atoms with Gasteiger partial charge in [0, 0.05) is 95.6 Å². The number of halogens is 3. The first-order valence-corrected chi connectivity index (χ1v) is 45.7. The Morgan fingerprint density at radius 2 is 1.07 bits per heavy atom. The lowest BCUT2D eigenvalue weighted by atomic mass is 9.99. The number of carboxylic acids is 2.